The summed E-state index contributed by atoms with van der Waals surface area (Å²) in [5.74, 6) is 0.575. The summed E-state index contributed by atoms with van der Waals surface area (Å²) in [6, 6.07) is 0. The van der Waals surface area contributed by atoms with Gasteiger partial charge in [0.2, 0.25) is 0 Å². The molecule has 1 N–H and O–H groups in total. The van der Waals surface area contributed by atoms with Crippen LogP contribution < -0.4 is 5.32 Å². The Kier molecular flexibility index (Phi) is 5.09. The van der Waals surface area contributed by atoms with Crippen LogP contribution in [0.2, 0.25) is 0 Å². The number of likely N-dealkylation sites (tertiary alicyclic amines) is 1. The fraction of sp³-hybridized carbons (Fsp3) is 0.789. The average molecular weight is 348 g/mol. The highest BCUT2D eigenvalue weighted by Gasteiger charge is 2.35. The first-order valence-electron chi connectivity index (χ1n) is 9.54. The number of ether oxygens (including phenoxy) is 1. The molecule has 3 heterocycles. The molecule has 6 nitrogen and oxygen atoms in total. The van der Waals surface area contributed by atoms with E-state index in [0.717, 1.165) is 51.0 Å². The quantitative estimate of drug-likeness (QED) is 0.889. The second-order valence-corrected chi connectivity index (χ2v) is 8.35. The van der Waals surface area contributed by atoms with E-state index in [2.05, 4.69) is 23.8 Å². The van der Waals surface area contributed by atoms with Crippen LogP contribution in [-0.4, -0.2) is 46.0 Å². The smallest absolute Gasteiger partial charge is 0.411 e. The molecule has 1 atom stereocenters. The summed E-state index contributed by atoms with van der Waals surface area (Å²) in [5.41, 5.74) is 3.24. The first-order valence-corrected chi connectivity index (χ1v) is 9.54. The number of aromatic nitrogens is 2. The minimum Gasteiger partial charge on any atom is -0.444 e. The van der Waals surface area contributed by atoms with Crippen molar-refractivity contribution in [1.82, 2.24) is 20.0 Å². The van der Waals surface area contributed by atoms with Gasteiger partial charge in [-0.05, 0) is 84.9 Å². The number of carbonyl (C=O) groups is 1. The van der Waals surface area contributed by atoms with Crippen molar-refractivity contribution >= 4 is 6.09 Å². The van der Waals surface area contributed by atoms with Gasteiger partial charge < -0.3 is 10.1 Å². The van der Waals surface area contributed by atoms with Crippen molar-refractivity contribution in [1.29, 1.82) is 0 Å². The monoisotopic (exact) mass is 348 g/mol. The molecule has 0 spiro atoms. The molecular weight excluding hydrogens is 316 g/mol. The van der Waals surface area contributed by atoms with Gasteiger partial charge in [-0.3, -0.25) is 4.90 Å². The summed E-state index contributed by atoms with van der Waals surface area (Å²) in [4.78, 5) is 14.4. The lowest BCUT2D eigenvalue weighted by Crippen LogP contribution is -2.38. The van der Waals surface area contributed by atoms with E-state index in [1.165, 1.54) is 11.3 Å². The molecule has 0 bridgehead atoms. The minimum absolute atomic E-state index is 0.0241. The highest BCUT2D eigenvalue weighted by atomic mass is 16.6. The third kappa shape index (κ3) is 3.84. The zero-order chi connectivity index (χ0) is 18.2. The van der Waals surface area contributed by atoms with Gasteiger partial charge in [-0.15, -0.1) is 0 Å². The topological polar surface area (TPSA) is 59.4 Å². The normalized spacial score (nSPS) is 22.4. The molecule has 140 valence electrons. The molecule has 1 aromatic rings. The van der Waals surface area contributed by atoms with E-state index in [4.69, 9.17) is 9.84 Å². The summed E-state index contributed by atoms with van der Waals surface area (Å²) in [7, 11) is 0. The molecule has 2 saturated heterocycles. The lowest BCUT2D eigenvalue weighted by atomic mass is 9.89. The molecule has 1 unspecified atom stereocenters. The Hall–Kier alpha value is -1.56. The molecule has 0 aliphatic carbocycles. The van der Waals surface area contributed by atoms with Crippen LogP contribution in [0.5, 0.6) is 0 Å². The van der Waals surface area contributed by atoms with Crippen molar-refractivity contribution in [3.63, 3.8) is 0 Å². The summed E-state index contributed by atoms with van der Waals surface area (Å²) >= 11 is 0. The van der Waals surface area contributed by atoms with Gasteiger partial charge in [0.05, 0.1) is 5.69 Å². The van der Waals surface area contributed by atoms with Gasteiger partial charge >= 0.3 is 6.09 Å². The number of nitrogens with one attached hydrogen (secondary N) is 1. The second-order valence-electron chi connectivity index (χ2n) is 8.35. The predicted molar refractivity (Wildman–Crippen MR) is 97.8 cm³/mol. The summed E-state index contributed by atoms with van der Waals surface area (Å²) < 4.78 is 7.68. The Morgan fingerprint density at radius 1 is 1.20 bits per heavy atom. The predicted octanol–water partition coefficient (Wildman–Crippen LogP) is 3.50. The van der Waals surface area contributed by atoms with E-state index in [0.29, 0.717) is 5.92 Å². The Morgan fingerprint density at radius 2 is 1.88 bits per heavy atom. The number of hydrogen-bond acceptors (Lipinski definition) is 4. The Labute approximate surface area is 150 Å². The highest BCUT2D eigenvalue weighted by molar-refractivity contribution is 5.68. The number of aryl methyl sites for hydroxylation is 1. The van der Waals surface area contributed by atoms with Gasteiger partial charge in [-0.1, -0.05) is 0 Å². The maximum atomic E-state index is 12.6. The number of nitrogens with zero attached hydrogens (tertiary/aromatic N) is 3. The van der Waals surface area contributed by atoms with E-state index in [-0.39, 0.29) is 12.3 Å². The Bertz CT molecular complexity index is 626. The van der Waals surface area contributed by atoms with E-state index < -0.39 is 5.60 Å². The van der Waals surface area contributed by atoms with E-state index in [1.807, 2.05) is 25.7 Å². The minimum atomic E-state index is -0.473. The molecule has 0 aromatic carbocycles. The molecular formula is C19H32N4O2. The average Bonchev–Trinajstić information content (AvgIpc) is 3.11. The molecule has 25 heavy (non-hydrogen) atoms. The van der Waals surface area contributed by atoms with Crippen molar-refractivity contribution in [3.05, 3.63) is 17.0 Å². The largest absolute Gasteiger partial charge is 0.444 e. The maximum absolute atomic E-state index is 12.6. The number of piperidine rings is 1. The molecule has 0 saturated carbocycles. The van der Waals surface area contributed by atoms with Crippen LogP contribution in [-0.2, 0) is 4.74 Å². The SMILES string of the molecule is Cc1nn(C2CCCN2C(=O)OC(C)(C)C)c(C)c1C1CCNCC1. The van der Waals surface area contributed by atoms with Crippen molar-refractivity contribution < 1.29 is 9.53 Å². The van der Waals surface area contributed by atoms with Crippen molar-refractivity contribution in [2.75, 3.05) is 19.6 Å². The van der Waals surface area contributed by atoms with Gasteiger partial charge in [0.15, 0.2) is 0 Å². The van der Waals surface area contributed by atoms with Gasteiger partial charge in [0.1, 0.15) is 11.8 Å². The van der Waals surface area contributed by atoms with Crippen LogP contribution in [0.3, 0.4) is 0 Å². The lowest BCUT2D eigenvalue weighted by Gasteiger charge is -2.29. The maximum Gasteiger partial charge on any atom is 0.411 e. The van der Waals surface area contributed by atoms with Crippen LogP contribution in [0.25, 0.3) is 0 Å². The number of amides is 1. The fourth-order valence-electron chi connectivity index (χ4n) is 4.20. The first kappa shape index (κ1) is 18.2. The molecule has 2 fully saturated rings. The summed E-state index contributed by atoms with van der Waals surface area (Å²) in [6.07, 6.45) is 3.99. The molecule has 2 aliphatic rings. The van der Waals surface area contributed by atoms with Crippen molar-refractivity contribution in [3.8, 4) is 0 Å². The standard InChI is InChI=1S/C19H32N4O2/c1-13-17(15-8-10-20-11-9-15)14(2)23(21-13)16-7-6-12-22(16)18(24)25-19(3,4)5/h15-16,20H,6-12H2,1-5H3. The third-order valence-corrected chi connectivity index (χ3v) is 5.26. The summed E-state index contributed by atoms with van der Waals surface area (Å²) in [6.45, 7) is 12.9. The molecule has 0 radical (unpaired) electrons. The zero-order valence-corrected chi connectivity index (χ0v) is 16.3. The number of carbonyl (C=O) groups excluding carboxylic acids is 1. The van der Waals surface area contributed by atoms with E-state index in [1.54, 1.807) is 0 Å². The van der Waals surface area contributed by atoms with Gasteiger partial charge in [0, 0.05) is 12.2 Å². The molecule has 2 aliphatic heterocycles. The van der Waals surface area contributed by atoms with Crippen LogP contribution in [0.15, 0.2) is 0 Å². The molecule has 6 heteroatoms. The van der Waals surface area contributed by atoms with Crippen molar-refractivity contribution in [2.24, 2.45) is 0 Å². The van der Waals surface area contributed by atoms with Crippen LogP contribution in [0, 0.1) is 13.8 Å². The molecule has 1 amide bonds. The van der Waals surface area contributed by atoms with E-state index in [9.17, 15) is 4.79 Å². The fourth-order valence-corrected chi connectivity index (χ4v) is 4.20. The van der Waals surface area contributed by atoms with Crippen LogP contribution >= 0.6 is 0 Å². The Balaban J connectivity index is 1.84. The first-order chi connectivity index (χ1) is 11.8. The van der Waals surface area contributed by atoms with Crippen molar-refractivity contribution in [2.45, 2.75) is 78.0 Å². The highest BCUT2D eigenvalue weighted by Crippen LogP contribution is 2.35. The zero-order valence-electron chi connectivity index (χ0n) is 16.3. The van der Waals surface area contributed by atoms with Gasteiger partial charge in [0.25, 0.3) is 0 Å². The molecule has 1 aromatic heterocycles. The van der Waals surface area contributed by atoms with Crippen LogP contribution in [0.4, 0.5) is 4.79 Å². The van der Waals surface area contributed by atoms with Gasteiger partial charge in [-0.2, -0.15) is 5.10 Å². The number of hydrogen-bond donors (Lipinski definition) is 1. The second kappa shape index (κ2) is 6.98. The van der Waals surface area contributed by atoms with Crippen LogP contribution in [0.1, 0.15) is 75.5 Å². The third-order valence-electron chi connectivity index (χ3n) is 5.26. The lowest BCUT2D eigenvalue weighted by molar-refractivity contribution is 0.0147. The number of rotatable bonds is 2. The van der Waals surface area contributed by atoms with Gasteiger partial charge in [-0.25, -0.2) is 9.48 Å². The van der Waals surface area contributed by atoms with E-state index >= 15 is 0 Å². The summed E-state index contributed by atoms with van der Waals surface area (Å²) in [5, 5.41) is 8.28. The Morgan fingerprint density at radius 3 is 2.52 bits per heavy atom. The molecule has 3 rings (SSSR count).